The third kappa shape index (κ3) is 4.10. The minimum atomic E-state index is -1.08. The molecule has 118 valence electrons. The van der Waals surface area contributed by atoms with Gasteiger partial charge in [-0.25, -0.2) is 0 Å². The molecule has 2 amide bonds. The van der Waals surface area contributed by atoms with Crippen LogP contribution in [0.15, 0.2) is 48.7 Å². The lowest BCUT2D eigenvalue weighted by molar-refractivity contribution is -0.385. The van der Waals surface area contributed by atoms with Crippen LogP contribution in [0, 0.1) is 10.1 Å². The van der Waals surface area contributed by atoms with E-state index in [9.17, 15) is 19.7 Å². The molecule has 2 aromatic rings. The van der Waals surface area contributed by atoms with Crippen molar-refractivity contribution in [3.63, 3.8) is 0 Å². The summed E-state index contributed by atoms with van der Waals surface area (Å²) in [5.41, 5.74) is 5.59. The Bertz CT molecular complexity index is 733. The highest BCUT2D eigenvalue weighted by Crippen LogP contribution is 2.19. The minimum Gasteiger partial charge on any atom is -0.368 e. The van der Waals surface area contributed by atoms with Gasteiger partial charge in [-0.1, -0.05) is 24.3 Å². The van der Waals surface area contributed by atoms with E-state index >= 15 is 0 Å². The van der Waals surface area contributed by atoms with Gasteiger partial charge in [0.15, 0.2) is 0 Å². The molecule has 0 saturated carbocycles. The fourth-order valence-electron chi connectivity index (χ4n) is 2.03. The molecule has 1 heterocycles. The third-order valence-electron chi connectivity index (χ3n) is 3.16. The average Bonchev–Trinajstić information content (AvgIpc) is 2.55. The Labute approximate surface area is 131 Å². The van der Waals surface area contributed by atoms with E-state index in [0.29, 0.717) is 5.56 Å². The van der Waals surface area contributed by atoms with Crippen molar-refractivity contribution >= 4 is 17.5 Å². The highest BCUT2D eigenvalue weighted by Gasteiger charge is 2.23. The molecule has 0 aliphatic rings. The Morgan fingerprint density at radius 1 is 1.22 bits per heavy atom. The number of carbonyl (C=O) groups excluding carboxylic acids is 2. The number of nitrogens with two attached hydrogens (primary N) is 1. The van der Waals surface area contributed by atoms with Crippen molar-refractivity contribution in [2.45, 2.75) is 12.5 Å². The van der Waals surface area contributed by atoms with Crippen LogP contribution in [0.25, 0.3) is 0 Å². The number of nitro benzene ring substituents is 1. The van der Waals surface area contributed by atoms with Crippen molar-refractivity contribution in [1.29, 1.82) is 0 Å². The molecule has 3 N–H and O–H groups in total. The molecule has 1 atom stereocenters. The number of rotatable bonds is 6. The fourth-order valence-corrected chi connectivity index (χ4v) is 2.03. The van der Waals surface area contributed by atoms with E-state index in [4.69, 9.17) is 5.73 Å². The lowest BCUT2D eigenvalue weighted by Crippen LogP contribution is -2.46. The van der Waals surface area contributed by atoms with Crippen molar-refractivity contribution in [1.82, 2.24) is 10.3 Å². The Kier molecular flexibility index (Phi) is 4.98. The summed E-state index contributed by atoms with van der Waals surface area (Å²) in [6.07, 6.45) is 1.36. The van der Waals surface area contributed by atoms with Crippen LogP contribution in [0.2, 0.25) is 0 Å². The van der Waals surface area contributed by atoms with E-state index in [2.05, 4.69) is 10.3 Å². The number of carbonyl (C=O) groups is 2. The number of hydrogen-bond donors (Lipinski definition) is 2. The van der Waals surface area contributed by atoms with E-state index in [0.717, 1.165) is 0 Å². The standard InChI is InChI=1S/C15H14N4O4/c16-14(20)12(18-15(21)11-6-3-4-8-17-11)9-10-5-1-2-7-13(10)19(22)23/h1-8,12H,9H2,(H2,16,20)(H,18,21)/t12-/m1/s1. The molecule has 0 aliphatic heterocycles. The summed E-state index contributed by atoms with van der Waals surface area (Å²) in [4.78, 5) is 38.0. The maximum absolute atomic E-state index is 12.1. The van der Waals surface area contributed by atoms with Gasteiger partial charge >= 0.3 is 0 Å². The molecule has 0 fully saturated rings. The van der Waals surface area contributed by atoms with Crippen LogP contribution in [0.4, 0.5) is 5.69 Å². The molecule has 0 saturated heterocycles. The quantitative estimate of drug-likeness (QED) is 0.602. The van der Waals surface area contributed by atoms with Gasteiger partial charge in [-0.05, 0) is 12.1 Å². The molecule has 0 aliphatic carbocycles. The number of amides is 2. The summed E-state index contributed by atoms with van der Waals surface area (Å²) >= 11 is 0. The number of nitrogens with zero attached hydrogens (tertiary/aromatic N) is 2. The first-order chi connectivity index (χ1) is 11.0. The number of para-hydroxylation sites is 1. The van der Waals surface area contributed by atoms with E-state index in [1.165, 1.54) is 30.5 Å². The molecule has 23 heavy (non-hydrogen) atoms. The zero-order valence-electron chi connectivity index (χ0n) is 12.0. The van der Waals surface area contributed by atoms with Crippen molar-refractivity contribution in [2.24, 2.45) is 5.73 Å². The first kappa shape index (κ1) is 16.1. The lowest BCUT2D eigenvalue weighted by Gasteiger charge is -2.15. The smallest absolute Gasteiger partial charge is 0.272 e. The maximum Gasteiger partial charge on any atom is 0.272 e. The third-order valence-corrected chi connectivity index (χ3v) is 3.16. The van der Waals surface area contributed by atoms with Crippen molar-refractivity contribution < 1.29 is 14.5 Å². The second kappa shape index (κ2) is 7.12. The molecule has 0 spiro atoms. The number of pyridine rings is 1. The minimum absolute atomic E-state index is 0.0783. The highest BCUT2D eigenvalue weighted by atomic mass is 16.6. The predicted octanol–water partition coefficient (Wildman–Crippen LogP) is 0.816. The predicted molar refractivity (Wildman–Crippen MR) is 81.5 cm³/mol. The molecule has 8 heteroatoms. The Hall–Kier alpha value is -3.29. The molecule has 0 radical (unpaired) electrons. The topological polar surface area (TPSA) is 128 Å². The summed E-state index contributed by atoms with van der Waals surface area (Å²) < 4.78 is 0. The molecule has 8 nitrogen and oxygen atoms in total. The van der Waals surface area contributed by atoms with E-state index in [1.54, 1.807) is 18.2 Å². The van der Waals surface area contributed by atoms with Gasteiger partial charge in [0.25, 0.3) is 11.6 Å². The molecule has 0 unspecified atom stereocenters. The van der Waals surface area contributed by atoms with E-state index in [-0.39, 0.29) is 17.8 Å². The molecular weight excluding hydrogens is 300 g/mol. The second-order valence-corrected chi connectivity index (χ2v) is 4.73. The highest BCUT2D eigenvalue weighted by molar-refractivity contribution is 5.95. The number of aromatic nitrogens is 1. The van der Waals surface area contributed by atoms with Gasteiger partial charge in [0.1, 0.15) is 11.7 Å². The van der Waals surface area contributed by atoms with Crippen molar-refractivity contribution in [3.05, 3.63) is 70.0 Å². The van der Waals surface area contributed by atoms with Gasteiger partial charge in [-0.2, -0.15) is 0 Å². The maximum atomic E-state index is 12.1. The van der Waals surface area contributed by atoms with Gasteiger partial charge in [-0.3, -0.25) is 24.7 Å². The fraction of sp³-hybridized carbons (Fsp3) is 0.133. The summed E-state index contributed by atoms with van der Waals surface area (Å²) in [5.74, 6) is -1.36. The lowest BCUT2D eigenvalue weighted by atomic mass is 10.0. The first-order valence-electron chi connectivity index (χ1n) is 6.72. The Morgan fingerprint density at radius 3 is 2.52 bits per heavy atom. The second-order valence-electron chi connectivity index (χ2n) is 4.73. The SMILES string of the molecule is NC(=O)[C@@H](Cc1ccccc1[N+](=O)[O-])NC(=O)c1ccccn1. The Balaban J connectivity index is 2.19. The van der Waals surface area contributed by atoms with Crippen LogP contribution in [-0.2, 0) is 11.2 Å². The number of benzene rings is 1. The Morgan fingerprint density at radius 2 is 1.91 bits per heavy atom. The van der Waals surface area contributed by atoms with Crippen LogP contribution in [0.1, 0.15) is 16.1 Å². The van der Waals surface area contributed by atoms with Gasteiger partial charge in [0, 0.05) is 24.2 Å². The van der Waals surface area contributed by atoms with Crippen molar-refractivity contribution in [3.8, 4) is 0 Å². The normalized spacial score (nSPS) is 11.5. The number of primary amides is 1. The van der Waals surface area contributed by atoms with Crippen LogP contribution in [0.5, 0.6) is 0 Å². The van der Waals surface area contributed by atoms with Gasteiger partial charge in [0.05, 0.1) is 4.92 Å². The van der Waals surface area contributed by atoms with E-state index in [1.807, 2.05) is 0 Å². The van der Waals surface area contributed by atoms with Gasteiger partial charge < -0.3 is 11.1 Å². The summed E-state index contributed by atoms with van der Waals surface area (Å²) in [6, 6.07) is 9.66. The van der Waals surface area contributed by atoms with Gasteiger partial charge in [-0.15, -0.1) is 0 Å². The largest absolute Gasteiger partial charge is 0.368 e. The molecule has 1 aromatic carbocycles. The number of nitro groups is 1. The summed E-state index contributed by atoms with van der Waals surface area (Å²) in [6.45, 7) is 0. The number of nitrogens with one attached hydrogen (secondary N) is 1. The van der Waals surface area contributed by atoms with Crippen LogP contribution in [0.3, 0.4) is 0 Å². The zero-order chi connectivity index (χ0) is 16.8. The molecule has 0 bridgehead atoms. The van der Waals surface area contributed by atoms with Crippen LogP contribution >= 0.6 is 0 Å². The monoisotopic (exact) mass is 314 g/mol. The summed E-state index contributed by atoms with van der Waals surface area (Å²) in [5, 5.41) is 13.5. The van der Waals surface area contributed by atoms with Gasteiger partial charge in [0.2, 0.25) is 5.91 Å². The number of hydrogen-bond acceptors (Lipinski definition) is 5. The van der Waals surface area contributed by atoms with Crippen LogP contribution < -0.4 is 11.1 Å². The molecule has 2 rings (SSSR count). The van der Waals surface area contributed by atoms with Crippen LogP contribution in [-0.4, -0.2) is 27.8 Å². The zero-order valence-corrected chi connectivity index (χ0v) is 12.0. The molecule has 1 aromatic heterocycles. The molecular formula is C15H14N4O4. The van der Waals surface area contributed by atoms with Crippen molar-refractivity contribution in [2.75, 3.05) is 0 Å². The summed E-state index contributed by atoms with van der Waals surface area (Å²) in [7, 11) is 0. The first-order valence-corrected chi connectivity index (χ1v) is 6.72. The average molecular weight is 314 g/mol. The van der Waals surface area contributed by atoms with E-state index < -0.39 is 22.8 Å².